The fourth-order valence-electron chi connectivity index (χ4n) is 1.29. The Hall–Kier alpha value is -0.350. The van der Waals surface area contributed by atoms with Crippen molar-refractivity contribution in [1.29, 1.82) is 0 Å². The Kier molecular flexibility index (Phi) is 3.29. The van der Waals surface area contributed by atoms with Gasteiger partial charge in [0.15, 0.2) is 5.11 Å². The van der Waals surface area contributed by atoms with Gasteiger partial charge in [0, 0.05) is 20.3 Å². The van der Waals surface area contributed by atoms with Crippen LogP contribution >= 0.6 is 12.2 Å². The zero-order chi connectivity index (χ0) is 9.03. The molecule has 0 saturated heterocycles. The predicted octanol–water partition coefficient (Wildman–Crippen LogP) is 0.636. The second-order valence-electron chi connectivity index (χ2n) is 3.46. The maximum atomic E-state index is 5.35. The highest BCUT2D eigenvalue weighted by molar-refractivity contribution is 7.80. The molecule has 0 heterocycles. The van der Waals surface area contributed by atoms with Crippen LogP contribution in [0.1, 0.15) is 19.3 Å². The van der Waals surface area contributed by atoms with Gasteiger partial charge in [-0.25, -0.2) is 0 Å². The monoisotopic (exact) mass is 188 g/mol. The molecule has 12 heavy (non-hydrogen) atoms. The van der Waals surface area contributed by atoms with E-state index in [1.165, 1.54) is 12.8 Å². The Labute approximate surface area is 78.7 Å². The second-order valence-corrected chi connectivity index (χ2v) is 3.90. The summed E-state index contributed by atoms with van der Waals surface area (Å²) < 4.78 is 5.03. The number of thiocarbonyl (C=S) groups is 1. The molecule has 0 unspecified atom stereocenters. The SMILES string of the molecule is COCCC1(CNC(N)=S)CC1. The van der Waals surface area contributed by atoms with E-state index in [1.807, 2.05) is 0 Å². The molecule has 0 amide bonds. The van der Waals surface area contributed by atoms with Gasteiger partial charge >= 0.3 is 0 Å². The summed E-state index contributed by atoms with van der Waals surface area (Å²) in [6, 6.07) is 0. The molecule has 1 fully saturated rings. The summed E-state index contributed by atoms with van der Waals surface area (Å²) in [4.78, 5) is 0. The van der Waals surface area contributed by atoms with E-state index in [2.05, 4.69) is 5.32 Å². The van der Waals surface area contributed by atoms with E-state index in [4.69, 9.17) is 22.7 Å². The minimum absolute atomic E-state index is 0.402. The van der Waals surface area contributed by atoms with E-state index < -0.39 is 0 Å². The third kappa shape index (κ3) is 2.95. The van der Waals surface area contributed by atoms with Gasteiger partial charge in [0.2, 0.25) is 0 Å². The van der Waals surface area contributed by atoms with Crippen LogP contribution in [0.4, 0.5) is 0 Å². The highest BCUT2D eigenvalue weighted by atomic mass is 32.1. The summed E-state index contributed by atoms with van der Waals surface area (Å²) in [5, 5.41) is 3.41. The summed E-state index contributed by atoms with van der Waals surface area (Å²) in [5.41, 5.74) is 5.78. The zero-order valence-corrected chi connectivity index (χ0v) is 8.25. The van der Waals surface area contributed by atoms with Gasteiger partial charge in [-0.3, -0.25) is 0 Å². The molecule has 0 aromatic rings. The number of nitrogens with two attached hydrogens (primary N) is 1. The minimum Gasteiger partial charge on any atom is -0.385 e. The van der Waals surface area contributed by atoms with Crippen LogP contribution in [0.5, 0.6) is 0 Å². The molecule has 1 aliphatic carbocycles. The Morgan fingerprint density at radius 1 is 1.67 bits per heavy atom. The summed E-state index contributed by atoms with van der Waals surface area (Å²) in [7, 11) is 1.73. The first-order chi connectivity index (χ1) is 5.68. The van der Waals surface area contributed by atoms with Gasteiger partial charge in [0.1, 0.15) is 0 Å². The molecule has 0 aromatic heterocycles. The number of rotatable bonds is 5. The average molecular weight is 188 g/mol. The first kappa shape index (κ1) is 9.74. The fraction of sp³-hybridized carbons (Fsp3) is 0.875. The zero-order valence-electron chi connectivity index (χ0n) is 7.43. The lowest BCUT2D eigenvalue weighted by Gasteiger charge is -2.14. The lowest BCUT2D eigenvalue weighted by Crippen LogP contribution is -2.34. The molecule has 1 saturated carbocycles. The molecule has 0 atom stereocenters. The number of nitrogens with one attached hydrogen (secondary N) is 1. The second kappa shape index (κ2) is 4.05. The highest BCUT2D eigenvalue weighted by Gasteiger charge is 2.41. The number of hydrogen-bond donors (Lipinski definition) is 2. The molecule has 0 aliphatic heterocycles. The van der Waals surface area contributed by atoms with Crippen molar-refractivity contribution in [1.82, 2.24) is 5.32 Å². The van der Waals surface area contributed by atoms with Gasteiger partial charge in [0.05, 0.1) is 0 Å². The van der Waals surface area contributed by atoms with Crippen molar-refractivity contribution in [2.24, 2.45) is 11.1 Å². The lowest BCUT2D eigenvalue weighted by molar-refractivity contribution is 0.172. The molecule has 1 rings (SSSR count). The van der Waals surface area contributed by atoms with E-state index >= 15 is 0 Å². The molecule has 4 heteroatoms. The van der Waals surface area contributed by atoms with Crippen LogP contribution in [0.25, 0.3) is 0 Å². The van der Waals surface area contributed by atoms with Crippen molar-refractivity contribution < 1.29 is 4.74 Å². The first-order valence-electron chi connectivity index (χ1n) is 4.21. The van der Waals surface area contributed by atoms with Gasteiger partial charge < -0.3 is 15.8 Å². The van der Waals surface area contributed by atoms with E-state index in [0.29, 0.717) is 10.5 Å². The first-order valence-corrected chi connectivity index (χ1v) is 4.62. The highest BCUT2D eigenvalue weighted by Crippen LogP contribution is 2.48. The Balaban J connectivity index is 2.16. The molecule has 0 spiro atoms. The number of hydrogen-bond acceptors (Lipinski definition) is 2. The van der Waals surface area contributed by atoms with Crippen molar-refractivity contribution in [2.75, 3.05) is 20.3 Å². The van der Waals surface area contributed by atoms with Gasteiger partial charge in [-0.05, 0) is 36.9 Å². The average Bonchev–Trinajstić information content (AvgIpc) is 2.79. The third-order valence-electron chi connectivity index (χ3n) is 2.43. The van der Waals surface area contributed by atoms with E-state index in [1.54, 1.807) is 7.11 Å². The van der Waals surface area contributed by atoms with Crippen LogP contribution in [-0.2, 0) is 4.74 Å². The van der Waals surface area contributed by atoms with Crippen LogP contribution in [0.2, 0.25) is 0 Å². The molecule has 0 radical (unpaired) electrons. The summed E-state index contributed by atoms with van der Waals surface area (Å²) in [5.74, 6) is 0. The van der Waals surface area contributed by atoms with Crippen molar-refractivity contribution in [2.45, 2.75) is 19.3 Å². The van der Waals surface area contributed by atoms with Gasteiger partial charge in [-0.2, -0.15) is 0 Å². The topological polar surface area (TPSA) is 47.3 Å². The fourth-order valence-corrected chi connectivity index (χ4v) is 1.36. The van der Waals surface area contributed by atoms with Crippen molar-refractivity contribution >= 4 is 17.3 Å². The van der Waals surface area contributed by atoms with Gasteiger partial charge in [0.25, 0.3) is 0 Å². The smallest absolute Gasteiger partial charge is 0.163 e. The molecule has 0 aromatic carbocycles. The molecule has 70 valence electrons. The summed E-state index contributed by atoms with van der Waals surface area (Å²) >= 11 is 4.74. The third-order valence-corrected chi connectivity index (χ3v) is 2.58. The van der Waals surface area contributed by atoms with Crippen LogP contribution < -0.4 is 11.1 Å². The van der Waals surface area contributed by atoms with Crippen molar-refractivity contribution in [3.63, 3.8) is 0 Å². The molecule has 3 nitrogen and oxygen atoms in total. The molecular formula is C8H16N2OS. The number of ether oxygens (including phenoxy) is 1. The minimum atomic E-state index is 0.402. The van der Waals surface area contributed by atoms with Gasteiger partial charge in [-0.1, -0.05) is 0 Å². The molecule has 0 bridgehead atoms. The van der Waals surface area contributed by atoms with E-state index in [-0.39, 0.29) is 0 Å². The summed E-state index contributed by atoms with van der Waals surface area (Å²) in [6.07, 6.45) is 3.65. The van der Waals surface area contributed by atoms with E-state index in [0.717, 1.165) is 19.6 Å². The Morgan fingerprint density at radius 2 is 2.33 bits per heavy atom. The van der Waals surface area contributed by atoms with E-state index in [9.17, 15) is 0 Å². The van der Waals surface area contributed by atoms with Crippen LogP contribution in [0.15, 0.2) is 0 Å². The van der Waals surface area contributed by atoms with Gasteiger partial charge in [-0.15, -0.1) is 0 Å². The summed E-state index contributed by atoms with van der Waals surface area (Å²) in [6.45, 7) is 1.74. The lowest BCUT2D eigenvalue weighted by atomic mass is 10.0. The predicted molar refractivity (Wildman–Crippen MR) is 52.9 cm³/mol. The van der Waals surface area contributed by atoms with Crippen LogP contribution in [0.3, 0.4) is 0 Å². The standard InChI is InChI=1S/C8H16N2OS/c1-11-5-4-8(2-3-8)6-10-7(9)12/h2-6H2,1H3,(H3,9,10,12). The molecule has 1 aliphatic rings. The number of methoxy groups -OCH3 is 1. The van der Waals surface area contributed by atoms with Crippen molar-refractivity contribution in [3.05, 3.63) is 0 Å². The van der Waals surface area contributed by atoms with Crippen LogP contribution in [0, 0.1) is 5.41 Å². The maximum Gasteiger partial charge on any atom is 0.163 e. The van der Waals surface area contributed by atoms with Crippen LogP contribution in [-0.4, -0.2) is 25.4 Å². The molecular weight excluding hydrogens is 172 g/mol. The van der Waals surface area contributed by atoms with Crippen molar-refractivity contribution in [3.8, 4) is 0 Å². The Morgan fingerprint density at radius 3 is 2.75 bits per heavy atom. The quantitative estimate of drug-likeness (QED) is 0.621. The largest absolute Gasteiger partial charge is 0.385 e. The molecule has 3 N–H and O–H groups in total. The Bertz CT molecular complexity index is 168. The maximum absolute atomic E-state index is 5.35. The normalized spacial score (nSPS) is 18.8.